The molecule has 6 nitrogen and oxygen atoms in total. The van der Waals surface area contributed by atoms with E-state index in [1.807, 2.05) is 0 Å². The highest BCUT2D eigenvalue weighted by Crippen LogP contribution is 2.29. The van der Waals surface area contributed by atoms with Crippen LogP contribution in [0.4, 0.5) is 10.3 Å². The average Bonchev–Trinajstić information content (AvgIpc) is 2.70. The second-order valence-corrected chi connectivity index (χ2v) is 4.10. The molecule has 3 aromatic rings. The molecule has 0 saturated heterocycles. The molecule has 0 unspecified atom stereocenters. The molecule has 0 aliphatic rings. The first-order valence-electron chi connectivity index (χ1n) is 5.50. The Labute approximate surface area is 107 Å². The molecule has 0 aliphatic heterocycles. The summed E-state index contributed by atoms with van der Waals surface area (Å²) in [5.74, 6) is -0.948. The van der Waals surface area contributed by atoms with Crippen molar-refractivity contribution >= 4 is 17.0 Å². The van der Waals surface area contributed by atoms with Crippen LogP contribution in [-0.4, -0.2) is 24.9 Å². The number of aromatic hydroxyl groups is 1. The van der Waals surface area contributed by atoms with Gasteiger partial charge in [0.15, 0.2) is 17.2 Å². The van der Waals surface area contributed by atoms with E-state index in [1.165, 1.54) is 12.1 Å². The van der Waals surface area contributed by atoms with Crippen LogP contribution in [0.2, 0.25) is 0 Å². The summed E-state index contributed by atoms with van der Waals surface area (Å²) in [4.78, 5) is 8.00. The number of anilines is 1. The summed E-state index contributed by atoms with van der Waals surface area (Å²) >= 11 is 0. The predicted molar refractivity (Wildman–Crippen MR) is 67.8 cm³/mol. The van der Waals surface area contributed by atoms with Crippen molar-refractivity contribution in [3.63, 3.8) is 0 Å². The molecule has 0 spiro atoms. The minimum atomic E-state index is -0.701. The number of nitrogen functional groups attached to an aromatic ring is 1. The fourth-order valence-corrected chi connectivity index (χ4v) is 1.92. The van der Waals surface area contributed by atoms with Crippen LogP contribution in [0.1, 0.15) is 0 Å². The van der Waals surface area contributed by atoms with Gasteiger partial charge < -0.3 is 10.8 Å². The number of phenolic OH excluding ortho intramolecular Hbond substituents is 1. The molecular weight excluding hydrogens is 249 g/mol. The van der Waals surface area contributed by atoms with Gasteiger partial charge in [0, 0.05) is 18.8 Å². The van der Waals surface area contributed by atoms with Crippen LogP contribution in [-0.2, 0) is 7.05 Å². The number of aryl methyl sites for hydroxylation is 1. The van der Waals surface area contributed by atoms with E-state index in [9.17, 15) is 9.50 Å². The second-order valence-electron chi connectivity index (χ2n) is 4.10. The lowest BCUT2D eigenvalue weighted by atomic mass is 10.1. The summed E-state index contributed by atoms with van der Waals surface area (Å²) in [6, 6.07) is 4.08. The number of phenols is 1. The fourth-order valence-electron chi connectivity index (χ4n) is 1.92. The highest BCUT2D eigenvalue weighted by Gasteiger charge is 2.14. The normalized spacial score (nSPS) is 11.1. The molecular formula is C12H10FN5O. The van der Waals surface area contributed by atoms with Crippen molar-refractivity contribution in [2.24, 2.45) is 7.05 Å². The quantitative estimate of drug-likeness (QED) is 0.690. The standard InChI is InChI=1S/C12H10FN5O/c1-18-11-7(5-15-12(14)16-11)10(17-18)6-2-3-9(19)8(13)4-6/h2-5,19H,1H3,(H2,14,15,16). The van der Waals surface area contributed by atoms with Gasteiger partial charge in [-0.2, -0.15) is 10.1 Å². The lowest BCUT2D eigenvalue weighted by Crippen LogP contribution is -1.97. The summed E-state index contributed by atoms with van der Waals surface area (Å²) < 4.78 is 14.9. The van der Waals surface area contributed by atoms with Gasteiger partial charge in [-0.1, -0.05) is 0 Å². The lowest BCUT2D eigenvalue weighted by molar-refractivity contribution is 0.432. The largest absolute Gasteiger partial charge is 0.505 e. The minimum Gasteiger partial charge on any atom is -0.505 e. The van der Waals surface area contributed by atoms with Gasteiger partial charge >= 0.3 is 0 Å². The molecule has 0 amide bonds. The van der Waals surface area contributed by atoms with Gasteiger partial charge in [-0.05, 0) is 18.2 Å². The Morgan fingerprint density at radius 2 is 2.16 bits per heavy atom. The van der Waals surface area contributed by atoms with Crippen LogP contribution >= 0.6 is 0 Å². The monoisotopic (exact) mass is 259 g/mol. The summed E-state index contributed by atoms with van der Waals surface area (Å²) in [5, 5.41) is 14.2. The van der Waals surface area contributed by atoms with E-state index in [0.29, 0.717) is 22.3 Å². The SMILES string of the molecule is Cn1nc(-c2ccc(O)c(F)c2)c2cnc(N)nc21. The van der Waals surface area contributed by atoms with E-state index < -0.39 is 11.6 Å². The Morgan fingerprint density at radius 3 is 2.89 bits per heavy atom. The first-order chi connectivity index (χ1) is 9.06. The number of hydrogen-bond donors (Lipinski definition) is 2. The Bertz CT molecular complexity index is 783. The van der Waals surface area contributed by atoms with Crippen molar-refractivity contribution < 1.29 is 9.50 Å². The third-order valence-corrected chi connectivity index (χ3v) is 2.82. The Morgan fingerprint density at radius 1 is 1.37 bits per heavy atom. The highest BCUT2D eigenvalue weighted by atomic mass is 19.1. The summed E-state index contributed by atoms with van der Waals surface area (Å²) in [5.41, 5.74) is 7.17. The maximum absolute atomic E-state index is 13.4. The molecule has 2 heterocycles. The van der Waals surface area contributed by atoms with Crippen molar-refractivity contribution in [2.45, 2.75) is 0 Å². The van der Waals surface area contributed by atoms with Crippen molar-refractivity contribution in [1.82, 2.24) is 19.7 Å². The Kier molecular flexibility index (Phi) is 2.34. The van der Waals surface area contributed by atoms with Crippen molar-refractivity contribution in [3.05, 3.63) is 30.2 Å². The van der Waals surface area contributed by atoms with Gasteiger partial charge in [-0.25, -0.2) is 14.1 Å². The lowest BCUT2D eigenvalue weighted by Gasteiger charge is -1.99. The molecule has 0 bridgehead atoms. The molecule has 0 atom stereocenters. The first-order valence-corrected chi connectivity index (χ1v) is 5.50. The van der Waals surface area contributed by atoms with Crippen molar-refractivity contribution in [1.29, 1.82) is 0 Å². The van der Waals surface area contributed by atoms with Gasteiger partial charge in [-0.3, -0.25) is 0 Å². The van der Waals surface area contributed by atoms with Crippen molar-refractivity contribution in [3.8, 4) is 17.0 Å². The number of halogens is 1. The number of fused-ring (bicyclic) bond motifs is 1. The van der Waals surface area contributed by atoms with E-state index in [1.54, 1.807) is 24.0 Å². The van der Waals surface area contributed by atoms with Gasteiger partial charge in [0.1, 0.15) is 5.69 Å². The number of benzene rings is 1. The summed E-state index contributed by atoms with van der Waals surface area (Å²) in [6.45, 7) is 0. The number of nitrogens with two attached hydrogens (primary N) is 1. The molecule has 3 rings (SSSR count). The zero-order valence-electron chi connectivity index (χ0n) is 10.0. The fraction of sp³-hybridized carbons (Fsp3) is 0.0833. The van der Waals surface area contributed by atoms with Gasteiger partial charge in [0.2, 0.25) is 5.95 Å². The molecule has 3 N–H and O–H groups in total. The molecule has 0 saturated carbocycles. The topological polar surface area (TPSA) is 89.8 Å². The number of rotatable bonds is 1. The number of nitrogens with zero attached hydrogens (tertiary/aromatic N) is 4. The molecule has 96 valence electrons. The number of aromatic nitrogens is 4. The van der Waals surface area contributed by atoms with Gasteiger partial charge in [0.25, 0.3) is 0 Å². The average molecular weight is 259 g/mol. The Hall–Kier alpha value is -2.70. The molecule has 0 fully saturated rings. The third kappa shape index (κ3) is 1.75. The first kappa shape index (κ1) is 11.4. The van der Waals surface area contributed by atoms with Crippen LogP contribution in [0.15, 0.2) is 24.4 Å². The maximum atomic E-state index is 13.4. The zero-order chi connectivity index (χ0) is 13.6. The third-order valence-electron chi connectivity index (χ3n) is 2.82. The van der Waals surface area contributed by atoms with Crippen LogP contribution in [0.5, 0.6) is 5.75 Å². The second kappa shape index (κ2) is 3.91. The van der Waals surface area contributed by atoms with E-state index in [-0.39, 0.29) is 5.95 Å². The minimum absolute atomic E-state index is 0.152. The van der Waals surface area contributed by atoms with Gasteiger partial charge in [0.05, 0.1) is 5.39 Å². The van der Waals surface area contributed by atoms with Crippen LogP contribution in [0.3, 0.4) is 0 Å². The highest BCUT2D eigenvalue weighted by molar-refractivity contribution is 5.91. The molecule has 2 aromatic heterocycles. The molecule has 0 radical (unpaired) electrons. The van der Waals surface area contributed by atoms with E-state index in [2.05, 4.69) is 15.1 Å². The molecule has 0 aliphatic carbocycles. The predicted octanol–water partition coefficient (Wildman–Crippen LogP) is 1.46. The van der Waals surface area contributed by atoms with E-state index in [4.69, 9.17) is 5.73 Å². The van der Waals surface area contributed by atoms with Crippen LogP contribution in [0.25, 0.3) is 22.3 Å². The summed E-state index contributed by atoms with van der Waals surface area (Å²) in [6.07, 6.45) is 1.55. The maximum Gasteiger partial charge on any atom is 0.222 e. The molecule has 19 heavy (non-hydrogen) atoms. The van der Waals surface area contributed by atoms with Crippen LogP contribution < -0.4 is 5.73 Å². The molecule has 1 aromatic carbocycles. The smallest absolute Gasteiger partial charge is 0.222 e. The van der Waals surface area contributed by atoms with E-state index in [0.717, 1.165) is 0 Å². The molecule has 7 heteroatoms. The van der Waals surface area contributed by atoms with Crippen LogP contribution in [0, 0.1) is 5.82 Å². The number of hydrogen-bond acceptors (Lipinski definition) is 5. The van der Waals surface area contributed by atoms with Crippen molar-refractivity contribution in [2.75, 3.05) is 5.73 Å². The van der Waals surface area contributed by atoms with E-state index >= 15 is 0 Å². The zero-order valence-corrected chi connectivity index (χ0v) is 10.0. The summed E-state index contributed by atoms with van der Waals surface area (Å²) in [7, 11) is 1.72. The van der Waals surface area contributed by atoms with Gasteiger partial charge in [-0.15, -0.1) is 0 Å². The Balaban J connectivity index is 2.28.